The van der Waals surface area contributed by atoms with Crippen molar-refractivity contribution in [2.75, 3.05) is 19.8 Å². The predicted molar refractivity (Wildman–Crippen MR) is 66.4 cm³/mol. The molecular weight excluding hydrogens is 252 g/mol. The van der Waals surface area contributed by atoms with Crippen molar-refractivity contribution in [3.8, 4) is 0 Å². The lowest BCUT2D eigenvalue weighted by Crippen LogP contribution is -2.59. The summed E-state index contributed by atoms with van der Waals surface area (Å²) in [7, 11) is 0. The summed E-state index contributed by atoms with van der Waals surface area (Å²) in [5.74, 6) is -1.90. The van der Waals surface area contributed by atoms with Crippen molar-refractivity contribution in [3.63, 3.8) is 0 Å². The van der Waals surface area contributed by atoms with Gasteiger partial charge in [0.25, 0.3) is 0 Å². The molecule has 0 aliphatic carbocycles. The summed E-state index contributed by atoms with van der Waals surface area (Å²) in [4.78, 5) is 35.9. The third kappa shape index (κ3) is 3.92. The van der Waals surface area contributed by atoms with Crippen LogP contribution in [0.4, 0.5) is 0 Å². The molecule has 1 saturated heterocycles. The van der Waals surface area contributed by atoms with E-state index < -0.39 is 18.1 Å². The Balaban J connectivity index is 2.87. The van der Waals surface area contributed by atoms with Gasteiger partial charge in [0.05, 0.1) is 13.2 Å². The number of rotatable bonds is 4. The lowest BCUT2D eigenvalue weighted by Gasteiger charge is -2.36. The van der Waals surface area contributed by atoms with E-state index in [1.165, 1.54) is 11.8 Å². The number of hydrogen-bond acceptors (Lipinski definition) is 4. The van der Waals surface area contributed by atoms with Gasteiger partial charge in [0.1, 0.15) is 6.04 Å². The van der Waals surface area contributed by atoms with Gasteiger partial charge in [-0.25, -0.2) is 4.79 Å². The second-order valence-electron chi connectivity index (χ2n) is 4.88. The molecule has 1 heterocycles. The van der Waals surface area contributed by atoms with Crippen LogP contribution in [0, 0.1) is 5.92 Å². The molecule has 7 heteroatoms. The lowest BCUT2D eigenvalue weighted by molar-refractivity contribution is -0.160. The number of aliphatic carboxylic acids is 1. The molecule has 108 valence electrons. The van der Waals surface area contributed by atoms with Crippen LogP contribution in [0.2, 0.25) is 0 Å². The fourth-order valence-electron chi connectivity index (χ4n) is 1.98. The Labute approximate surface area is 111 Å². The average molecular weight is 272 g/mol. The minimum absolute atomic E-state index is 0.0219. The Kier molecular flexibility index (Phi) is 5.29. The topological polar surface area (TPSA) is 95.9 Å². The second kappa shape index (κ2) is 6.51. The highest BCUT2D eigenvalue weighted by atomic mass is 16.5. The molecule has 0 aromatic heterocycles. The number of amides is 2. The maximum Gasteiger partial charge on any atom is 0.328 e. The minimum atomic E-state index is -1.10. The molecule has 19 heavy (non-hydrogen) atoms. The van der Waals surface area contributed by atoms with E-state index in [1.807, 2.05) is 0 Å². The predicted octanol–water partition coefficient (Wildman–Crippen LogP) is -0.541. The summed E-state index contributed by atoms with van der Waals surface area (Å²) < 4.78 is 5.08. The van der Waals surface area contributed by atoms with E-state index in [2.05, 4.69) is 5.32 Å². The molecule has 0 bridgehead atoms. The zero-order valence-corrected chi connectivity index (χ0v) is 11.4. The van der Waals surface area contributed by atoms with Crippen molar-refractivity contribution in [2.45, 2.75) is 32.9 Å². The molecule has 1 rings (SSSR count). The van der Waals surface area contributed by atoms with Gasteiger partial charge in [-0.3, -0.25) is 9.59 Å². The first-order valence-electron chi connectivity index (χ1n) is 6.22. The fourth-order valence-corrected chi connectivity index (χ4v) is 1.98. The molecule has 2 amide bonds. The van der Waals surface area contributed by atoms with Crippen molar-refractivity contribution in [3.05, 3.63) is 0 Å². The monoisotopic (exact) mass is 272 g/mol. The maximum absolute atomic E-state index is 12.4. The smallest absolute Gasteiger partial charge is 0.328 e. The van der Waals surface area contributed by atoms with Crippen LogP contribution >= 0.6 is 0 Å². The highest BCUT2D eigenvalue weighted by Crippen LogP contribution is 2.13. The lowest BCUT2D eigenvalue weighted by atomic mass is 10.0. The Morgan fingerprint density at radius 3 is 2.47 bits per heavy atom. The van der Waals surface area contributed by atoms with Crippen molar-refractivity contribution < 1.29 is 24.2 Å². The molecule has 0 aromatic rings. The molecule has 0 saturated carbocycles. The summed E-state index contributed by atoms with van der Waals surface area (Å²) in [6.07, 6.45) is 0. The number of carbonyl (C=O) groups excluding carboxylic acids is 2. The third-order valence-electron chi connectivity index (χ3n) is 2.99. The summed E-state index contributed by atoms with van der Waals surface area (Å²) in [5.41, 5.74) is 0. The van der Waals surface area contributed by atoms with Crippen LogP contribution in [0.3, 0.4) is 0 Å². The standard InChI is InChI=1S/C12H20N2O5/c1-7(2)10(13-8(3)15)11(16)14-4-5-19-6-9(14)12(17)18/h7,9-10H,4-6H2,1-3H3,(H,13,15)(H,17,18). The highest BCUT2D eigenvalue weighted by molar-refractivity contribution is 5.90. The number of carboxylic acids is 1. The van der Waals surface area contributed by atoms with Gasteiger partial charge >= 0.3 is 5.97 Å². The first-order chi connectivity index (χ1) is 8.84. The quantitative estimate of drug-likeness (QED) is 0.716. The SMILES string of the molecule is CC(=O)NC(C(=O)N1CCOCC1C(=O)O)C(C)C. The van der Waals surface area contributed by atoms with Gasteiger partial charge in [0.15, 0.2) is 6.04 Å². The second-order valence-corrected chi connectivity index (χ2v) is 4.88. The molecule has 1 aliphatic rings. The Bertz CT molecular complexity index is 369. The number of nitrogens with one attached hydrogen (secondary N) is 1. The van der Waals surface area contributed by atoms with E-state index in [4.69, 9.17) is 9.84 Å². The van der Waals surface area contributed by atoms with Crippen LogP contribution in [0.1, 0.15) is 20.8 Å². The van der Waals surface area contributed by atoms with E-state index in [-0.39, 0.29) is 30.9 Å². The van der Waals surface area contributed by atoms with E-state index in [0.717, 1.165) is 0 Å². The zero-order valence-electron chi connectivity index (χ0n) is 11.4. The maximum atomic E-state index is 12.4. The fraction of sp³-hybridized carbons (Fsp3) is 0.750. The molecule has 0 spiro atoms. The number of nitrogens with zero attached hydrogens (tertiary/aromatic N) is 1. The van der Waals surface area contributed by atoms with Crippen LogP contribution < -0.4 is 5.32 Å². The Hall–Kier alpha value is -1.63. The van der Waals surface area contributed by atoms with Crippen molar-refractivity contribution in [2.24, 2.45) is 5.92 Å². The molecule has 7 nitrogen and oxygen atoms in total. The van der Waals surface area contributed by atoms with E-state index in [9.17, 15) is 14.4 Å². The molecule has 1 fully saturated rings. The van der Waals surface area contributed by atoms with Gasteiger partial charge in [0.2, 0.25) is 11.8 Å². The van der Waals surface area contributed by atoms with E-state index >= 15 is 0 Å². The zero-order chi connectivity index (χ0) is 14.6. The van der Waals surface area contributed by atoms with Crippen LogP contribution in [-0.4, -0.2) is 59.6 Å². The van der Waals surface area contributed by atoms with Gasteiger partial charge in [-0.05, 0) is 5.92 Å². The normalized spacial score (nSPS) is 21.1. The van der Waals surface area contributed by atoms with E-state index in [1.54, 1.807) is 13.8 Å². The minimum Gasteiger partial charge on any atom is -0.480 e. The van der Waals surface area contributed by atoms with Gasteiger partial charge in [-0.15, -0.1) is 0 Å². The van der Waals surface area contributed by atoms with Crippen molar-refractivity contribution in [1.29, 1.82) is 0 Å². The molecule has 2 unspecified atom stereocenters. The summed E-state index contributed by atoms with van der Waals surface area (Å²) in [6, 6.07) is -1.70. The Morgan fingerprint density at radius 1 is 1.37 bits per heavy atom. The highest BCUT2D eigenvalue weighted by Gasteiger charge is 2.37. The van der Waals surface area contributed by atoms with Gasteiger partial charge in [-0.2, -0.15) is 0 Å². The molecule has 2 N–H and O–H groups in total. The van der Waals surface area contributed by atoms with Crippen molar-refractivity contribution in [1.82, 2.24) is 10.2 Å². The number of carboxylic acid groups (broad SMARTS) is 1. The number of morpholine rings is 1. The average Bonchev–Trinajstić information content (AvgIpc) is 2.34. The number of hydrogen-bond donors (Lipinski definition) is 2. The van der Waals surface area contributed by atoms with Crippen LogP contribution in [0.15, 0.2) is 0 Å². The number of ether oxygens (including phenoxy) is 1. The van der Waals surface area contributed by atoms with Crippen LogP contribution in [-0.2, 0) is 19.1 Å². The number of carbonyl (C=O) groups is 3. The van der Waals surface area contributed by atoms with Gasteiger partial charge in [0, 0.05) is 13.5 Å². The van der Waals surface area contributed by atoms with E-state index in [0.29, 0.717) is 6.61 Å². The summed E-state index contributed by atoms with van der Waals surface area (Å²) in [6.45, 7) is 5.44. The molecule has 1 aliphatic heterocycles. The summed E-state index contributed by atoms with van der Waals surface area (Å²) >= 11 is 0. The first-order valence-corrected chi connectivity index (χ1v) is 6.22. The Morgan fingerprint density at radius 2 is 2.00 bits per heavy atom. The molecule has 0 aromatic carbocycles. The molecule has 2 atom stereocenters. The third-order valence-corrected chi connectivity index (χ3v) is 2.99. The largest absolute Gasteiger partial charge is 0.480 e. The van der Waals surface area contributed by atoms with Crippen LogP contribution in [0.25, 0.3) is 0 Å². The summed E-state index contributed by atoms with van der Waals surface area (Å²) in [5, 5.41) is 11.7. The van der Waals surface area contributed by atoms with Crippen molar-refractivity contribution >= 4 is 17.8 Å². The molecule has 0 radical (unpaired) electrons. The van der Waals surface area contributed by atoms with Gasteiger partial charge in [-0.1, -0.05) is 13.8 Å². The first kappa shape index (κ1) is 15.4. The molecular formula is C12H20N2O5. The van der Waals surface area contributed by atoms with Gasteiger partial charge < -0.3 is 20.1 Å². The van der Waals surface area contributed by atoms with Crippen LogP contribution in [0.5, 0.6) is 0 Å².